The largest absolute Gasteiger partial charge is 0.478 e. The summed E-state index contributed by atoms with van der Waals surface area (Å²) in [6, 6.07) is 10.4. The predicted molar refractivity (Wildman–Crippen MR) is 84.3 cm³/mol. The summed E-state index contributed by atoms with van der Waals surface area (Å²) in [5, 5.41) is 13.7. The number of carboxylic acid groups (broad SMARTS) is 1. The van der Waals surface area contributed by atoms with Gasteiger partial charge in [0.15, 0.2) is 0 Å². The molecule has 2 aromatic heterocycles. The Morgan fingerprint density at radius 1 is 1.10 bits per heavy atom. The van der Waals surface area contributed by atoms with Crippen LogP contribution in [0.25, 0.3) is 9.40 Å². The van der Waals surface area contributed by atoms with E-state index in [1.165, 1.54) is 23.5 Å². The molecule has 2 heterocycles. The number of thiophene rings is 2. The van der Waals surface area contributed by atoms with Gasteiger partial charge in [-0.05, 0) is 35.2 Å². The fourth-order valence-electron chi connectivity index (χ4n) is 1.91. The van der Waals surface area contributed by atoms with Crippen LogP contribution in [0, 0.1) is 0 Å². The Labute approximate surface area is 128 Å². The van der Waals surface area contributed by atoms with Crippen LogP contribution in [-0.2, 0) is 6.54 Å². The van der Waals surface area contributed by atoms with Crippen LogP contribution >= 0.6 is 22.7 Å². The van der Waals surface area contributed by atoms with Crippen molar-refractivity contribution in [1.29, 1.82) is 0 Å². The van der Waals surface area contributed by atoms with Gasteiger partial charge in [-0.3, -0.25) is 4.79 Å². The first-order chi connectivity index (χ1) is 10.1. The monoisotopic (exact) mass is 317 g/mol. The van der Waals surface area contributed by atoms with Gasteiger partial charge in [-0.15, -0.1) is 22.7 Å². The highest BCUT2D eigenvalue weighted by molar-refractivity contribution is 7.27. The van der Waals surface area contributed by atoms with Gasteiger partial charge >= 0.3 is 5.97 Å². The van der Waals surface area contributed by atoms with E-state index in [0.717, 1.165) is 15.0 Å². The fraction of sp³-hybridized carbons (Fsp3) is 0.0667. The minimum Gasteiger partial charge on any atom is -0.478 e. The highest BCUT2D eigenvalue weighted by atomic mass is 32.1. The summed E-state index contributed by atoms with van der Waals surface area (Å²) in [7, 11) is 0. The van der Waals surface area contributed by atoms with Crippen LogP contribution < -0.4 is 5.32 Å². The Morgan fingerprint density at radius 2 is 1.86 bits per heavy atom. The molecular weight excluding hydrogens is 306 g/mol. The topological polar surface area (TPSA) is 66.4 Å². The Bertz CT molecular complexity index is 773. The predicted octanol–water partition coefficient (Wildman–Crippen LogP) is 3.59. The zero-order valence-electron chi connectivity index (χ0n) is 10.8. The summed E-state index contributed by atoms with van der Waals surface area (Å²) < 4.78 is 2.24. The van der Waals surface area contributed by atoms with Gasteiger partial charge in [-0.1, -0.05) is 12.1 Å². The van der Waals surface area contributed by atoms with Crippen molar-refractivity contribution in [1.82, 2.24) is 5.32 Å². The zero-order valence-corrected chi connectivity index (χ0v) is 12.5. The molecule has 0 aliphatic carbocycles. The molecule has 0 radical (unpaired) electrons. The molecule has 0 spiro atoms. The summed E-state index contributed by atoms with van der Waals surface area (Å²) in [6.45, 7) is 0.379. The number of hydrogen-bond donors (Lipinski definition) is 2. The van der Waals surface area contributed by atoms with E-state index in [0.29, 0.717) is 11.4 Å². The van der Waals surface area contributed by atoms with Crippen LogP contribution in [0.5, 0.6) is 0 Å². The third-order valence-corrected chi connectivity index (χ3v) is 5.11. The second kappa shape index (κ2) is 5.67. The highest BCUT2D eigenvalue weighted by Gasteiger charge is 2.10. The number of carbonyl (C=O) groups is 2. The number of carboxylic acids is 1. The second-order valence-corrected chi connectivity index (χ2v) is 6.48. The molecule has 0 aliphatic heterocycles. The van der Waals surface area contributed by atoms with Crippen molar-refractivity contribution in [2.75, 3.05) is 0 Å². The van der Waals surface area contributed by atoms with Crippen LogP contribution in [0.1, 0.15) is 25.6 Å². The lowest BCUT2D eigenvalue weighted by Crippen LogP contribution is -2.21. The van der Waals surface area contributed by atoms with E-state index in [9.17, 15) is 9.59 Å². The Morgan fingerprint density at radius 3 is 2.52 bits per heavy atom. The molecule has 0 saturated heterocycles. The summed E-state index contributed by atoms with van der Waals surface area (Å²) in [5.74, 6) is -1.06. The number of benzene rings is 1. The summed E-state index contributed by atoms with van der Waals surface area (Å²) in [6.07, 6.45) is 0. The molecule has 0 aliphatic rings. The van der Waals surface area contributed by atoms with E-state index in [4.69, 9.17) is 5.11 Å². The van der Waals surface area contributed by atoms with Gasteiger partial charge < -0.3 is 10.4 Å². The van der Waals surface area contributed by atoms with Crippen LogP contribution in [0.3, 0.4) is 0 Å². The minimum absolute atomic E-state index is 0.106. The lowest BCUT2D eigenvalue weighted by molar-refractivity contribution is 0.0696. The molecule has 1 aromatic carbocycles. The Balaban J connectivity index is 1.65. The lowest BCUT2D eigenvalue weighted by atomic mass is 10.1. The maximum atomic E-state index is 12.1. The zero-order chi connectivity index (χ0) is 14.8. The van der Waals surface area contributed by atoms with Crippen molar-refractivity contribution in [3.8, 4) is 0 Å². The van der Waals surface area contributed by atoms with Crippen LogP contribution in [0.15, 0.2) is 41.8 Å². The van der Waals surface area contributed by atoms with Gasteiger partial charge in [0, 0.05) is 15.9 Å². The molecule has 21 heavy (non-hydrogen) atoms. The molecule has 0 bridgehead atoms. The van der Waals surface area contributed by atoms with Crippen LogP contribution in [0.4, 0.5) is 0 Å². The smallest absolute Gasteiger partial charge is 0.335 e. The number of fused-ring (bicyclic) bond motifs is 1. The first-order valence-electron chi connectivity index (χ1n) is 6.21. The first kappa shape index (κ1) is 13.8. The van der Waals surface area contributed by atoms with Crippen molar-refractivity contribution in [3.63, 3.8) is 0 Å². The summed E-state index contributed by atoms with van der Waals surface area (Å²) >= 11 is 3.09. The quantitative estimate of drug-likeness (QED) is 0.773. The molecule has 6 heteroatoms. The van der Waals surface area contributed by atoms with Crippen LogP contribution in [-0.4, -0.2) is 17.0 Å². The number of aromatic carboxylic acids is 1. The van der Waals surface area contributed by atoms with Crippen molar-refractivity contribution >= 4 is 43.9 Å². The van der Waals surface area contributed by atoms with E-state index >= 15 is 0 Å². The van der Waals surface area contributed by atoms with E-state index in [1.807, 2.05) is 17.5 Å². The van der Waals surface area contributed by atoms with Crippen LogP contribution in [0.2, 0.25) is 0 Å². The molecule has 3 rings (SSSR count). The number of carbonyl (C=O) groups excluding carboxylic acids is 1. The van der Waals surface area contributed by atoms with Gasteiger partial charge in [0.25, 0.3) is 5.91 Å². The second-order valence-electron chi connectivity index (χ2n) is 4.44. The standard InChI is InChI=1S/C15H11NO3S2/c17-14(13-7-12-11(21-13)5-6-20-12)16-8-9-1-3-10(4-2-9)15(18)19/h1-7H,8H2,(H,16,17)(H,18,19). The molecule has 2 N–H and O–H groups in total. The fourth-order valence-corrected chi connectivity index (χ4v) is 3.94. The third kappa shape index (κ3) is 2.96. The third-order valence-electron chi connectivity index (χ3n) is 3.02. The normalized spacial score (nSPS) is 10.7. The molecule has 0 fully saturated rings. The molecule has 0 saturated carbocycles. The molecule has 1 amide bonds. The van der Waals surface area contributed by atoms with Gasteiger partial charge in [-0.2, -0.15) is 0 Å². The maximum absolute atomic E-state index is 12.1. The number of amides is 1. The number of nitrogens with one attached hydrogen (secondary N) is 1. The van der Waals surface area contributed by atoms with Crippen molar-refractivity contribution < 1.29 is 14.7 Å². The first-order valence-corrected chi connectivity index (χ1v) is 7.90. The molecular formula is C15H11NO3S2. The number of hydrogen-bond acceptors (Lipinski definition) is 4. The Kier molecular flexibility index (Phi) is 3.72. The minimum atomic E-state index is -0.954. The lowest BCUT2D eigenvalue weighted by Gasteiger charge is -2.04. The van der Waals surface area contributed by atoms with Crippen molar-refractivity contribution in [2.24, 2.45) is 0 Å². The Hall–Kier alpha value is -2.18. The highest BCUT2D eigenvalue weighted by Crippen LogP contribution is 2.29. The molecule has 0 unspecified atom stereocenters. The average molecular weight is 317 g/mol. The van der Waals surface area contributed by atoms with E-state index < -0.39 is 5.97 Å². The summed E-state index contributed by atoms with van der Waals surface area (Å²) in [5.41, 5.74) is 1.11. The van der Waals surface area contributed by atoms with Crippen molar-refractivity contribution in [3.05, 3.63) is 57.8 Å². The van der Waals surface area contributed by atoms with E-state index in [-0.39, 0.29) is 11.5 Å². The van der Waals surface area contributed by atoms with E-state index in [2.05, 4.69) is 5.32 Å². The van der Waals surface area contributed by atoms with Gasteiger partial charge in [-0.25, -0.2) is 4.79 Å². The average Bonchev–Trinajstić information content (AvgIpc) is 3.06. The SMILES string of the molecule is O=C(O)c1ccc(CNC(=O)c2cc3sccc3s2)cc1. The van der Waals surface area contributed by atoms with Gasteiger partial charge in [0.05, 0.1) is 10.4 Å². The van der Waals surface area contributed by atoms with E-state index in [1.54, 1.807) is 23.5 Å². The van der Waals surface area contributed by atoms with Gasteiger partial charge in [0.1, 0.15) is 0 Å². The molecule has 4 nitrogen and oxygen atoms in total. The molecule has 3 aromatic rings. The maximum Gasteiger partial charge on any atom is 0.335 e. The summed E-state index contributed by atoms with van der Waals surface area (Å²) in [4.78, 5) is 23.5. The number of rotatable bonds is 4. The van der Waals surface area contributed by atoms with Crippen molar-refractivity contribution in [2.45, 2.75) is 6.54 Å². The molecule has 0 atom stereocenters. The van der Waals surface area contributed by atoms with Gasteiger partial charge in [0.2, 0.25) is 0 Å². The molecule has 106 valence electrons.